The van der Waals surface area contributed by atoms with E-state index in [-0.39, 0.29) is 0 Å². The van der Waals surface area contributed by atoms with Crippen LogP contribution in [0.2, 0.25) is 0 Å². The molecule has 28 heavy (non-hydrogen) atoms. The fourth-order valence-electron chi connectivity index (χ4n) is 4.35. The predicted octanol–water partition coefficient (Wildman–Crippen LogP) is 3.99. The summed E-state index contributed by atoms with van der Waals surface area (Å²) in [5, 5.41) is 4.33. The molecule has 2 aliphatic rings. The van der Waals surface area contributed by atoms with Crippen LogP contribution in [0.1, 0.15) is 35.6 Å². The average molecular weight is 371 g/mol. The van der Waals surface area contributed by atoms with Crippen molar-refractivity contribution in [3.05, 3.63) is 65.1 Å². The third-order valence-corrected chi connectivity index (χ3v) is 5.93. The molecule has 1 saturated heterocycles. The number of anilines is 1. The molecule has 0 aliphatic carbocycles. The topological polar surface area (TPSA) is 46.3 Å². The van der Waals surface area contributed by atoms with Gasteiger partial charge in [0.15, 0.2) is 0 Å². The molecule has 0 radical (unpaired) electrons. The van der Waals surface area contributed by atoms with Crippen LogP contribution in [0.15, 0.2) is 47.8 Å². The quantitative estimate of drug-likeness (QED) is 0.699. The Kier molecular flexibility index (Phi) is 4.04. The molecular weight excluding hydrogens is 346 g/mol. The van der Waals surface area contributed by atoms with Gasteiger partial charge in [0.1, 0.15) is 5.82 Å². The molecule has 0 bridgehead atoms. The number of fused-ring (bicyclic) bond motifs is 1. The minimum atomic E-state index is 0.736. The van der Waals surface area contributed by atoms with Crippen LogP contribution in [0.3, 0.4) is 0 Å². The Balaban J connectivity index is 1.53. The Labute approximate surface area is 165 Å². The van der Waals surface area contributed by atoms with Crippen LogP contribution >= 0.6 is 0 Å². The lowest BCUT2D eigenvalue weighted by Crippen LogP contribution is -2.20. The summed E-state index contributed by atoms with van der Waals surface area (Å²) in [5.74, 6) is 1.80. The molecule has 0 spiro atoms. The summed E-state index contributed by atoms with van der Waals surface area (Å²) in [6, 6.07) is 8.81. The Morgan fingerprint density at radius 1 is 1.11 bits per heavy atom. The largest absolute Gasteiger partial charge is 0.356 e. The molecule has 0 saturated carbocycles. The number of benzene rings is 1. The number of hydrogen-bond acceptors (Lipinski definition) is 4. The molecule has 2 aliphatic heterocycles. The lowest BCUT2D eigenvalue weighted by atomic mass is 9.93. The molecule has 3 aromatic rings. The Morgan fingerprint density at radius 2 is 2.00 bits per heavy atom. The Bertz CT molecular complexity index is 1080. The second-order valence-electron chi connectivity index (χ2n) is 8.13. The fourth-order valence-corrected chi connectivity index (χ4v) is 4.35. The van der Waals surface area contributed by atoms with Gasteiger partial charge in [-0.25, -0.2) is 4.98 Å². The molecule has 0 N–H and O–H groups in total. The number of nitrogens with zero attached hydrogens (tertiary/aromatic N) is 5. The van der Waals surface area contributed by atoms with E-state index < -0.39 is 0 Å². The lowest BCUT2D eigenvalue weighted by molar-refractivity contribution is 0.659. The maximum atomic E-state index is 4.91. The zero-order valence-corrected chi connectivity index (χ0v) is 16.7. The van der Waals surface area contributed by atoms with Crippen LogP contribution in [0.4, 0.5) is 5.82 Å². The van der Waals surface area contributed by atoms with Crippen molar-refractivity contribution in [1.82, 2.24) is 14.8 Å². The van der Waals surface area contributed by atoms with Crippen LogP contribution in [0.5, 0.6) is 0 Å². The number of aromatic nitrogens is 3. The molecule has 0 amide bonds. The maximum absolute atomic E-state index is 4.91. The van der Waals surface area contributed by atoms with E-state index in [1.54, 1.807) is 0 Å². The van der Waals surface area contributed by atoms with Crippen LogP contribution in [0, 0.1) is 12.8 Å². The molecule has 0 unspecified atom stereocenters. The van der Waals surface area contributed by atoms with E-state index in [0.717, 1.165) is 48.2 Å². The number of aliphatic imine (C=N–C) groups is 1. The molecule has 4 heterocycles. The van der Waals surface area contributed by atoms with Gasteiger partial charge in [0, 0.05) is 49.2 Å². The van der Waals surface area contributed by atoms with Gasteiger partial charge in [0.25, 0.3) is 0 Å². The SMILES string of the molecule is Cc1cc(-c2cnn(C)c2)cc2c1CN=C2c1ccnc(N2CC[C@@H](C)C2)c1. The van der Waals surface area contributed by atoms with Crippen molar-refractivity contribution in [3.63, 3.8) is 0 Å². The van der Waals surface area contributed by atoms with Crippen molar-refractivity contribution < 1.29 is 0 Å². The minimum Gasteiger partial charge on any atom is -0.356 e. The summed E-state index contributed by atoms with van der Waals surface area (Å²) in [6.07, 6.45) is 7.15. The monoisotopic (exact) mass is 371 g/mol. The predicted molar refractivity (Wildman–Crippen MR) is 113 cm³/mol. The normalized spacial score (nSPS) is 18.5. The Morgan fingerprint density at radius 3 is 2.75 bits per heavy atom. The number of rotatable bonds is 3. The molecule has 142 valence electrons. The van der Waals surface area contributed by atoms with E-state index in [0.29, 0.717) is 0 Å². The molecular formula is C23H25N5. The molecule has 5 rings (SSSR count). The first-order chi connectivity index (χ1) is 13.6. The molecule has 1 aromatic carbocycles. The summed E-state index contributed by atoms with van der Waals surface area (Å²) in [5.41, 5.74) is 8.44. The number of aryl methyl sites for hydroxylation is 2. The van der Waals surface area contributed by atoms with Crippen molar-refractivity contribution in [3.8, 4) is 11.1 Å². The van der Waals surface area contributed by atoms with Gasteiger partial charge in [-0.1, -0.05) is 13.0 Å². The van der Waals surface area contributed by atoms with Gasteiger partial charge in [-0.15, -0.1) is 0 Å². The molecule has 5 nitrogen and oxygen atoms in total. The first-order valence-electron chi connectivity index (χ1n) is 9.97. The third-order valence-electron chi connectivity index (χ3n) is 5.93. The highest BCUT2D eigenvalue weighted by Gasteiger charge is 2.23. The second kappa shape index (κ2) is 6.59. The average Bonchev–Trinajstić information content (AvgIpc) is 3.41. The Hall–Kier alpha value is -2.95. The van der Waals surface area contributed by atoms with Gasteiger partial charge in [0.2, 0.25) is 0 Å². The van der Waals surface area contributed by atoms with Gasteiger partial charge in [-0.2, -0.15) is 5.10 Å². The zero-order chi connectivity index (χ0) is 19.3. The van der Waals surface area contributed by atoms with Gasteiger partial charge in [-0.3, -0.25) is 9.67 Å². The van der Waals surface area contributed by atoms with Gasteiger partial charge >= 0.3 is 0 Å². The van der Waals surface area contributed by atoms with Crippen LogP contribution in [0.25, 0.3) is 11.1 Å². The van der Waals surface area contributed by atoms with E-state index in [9.17, 15) is 0 Å². The first kappa shape index (κ1) is 17.2. The summed E-state index contributed by atoms with van der Waals surface area (Å²) < 4.78 is 1.85. The smallest absolute Gasteiger partial charge is 0.129 e. The highest BCUT2D eigenvalue weighted by Crippen LogP contribution is 2.32. The molecule has 2 aromatic heterocycles. The summed E-state index contributed by atoms with van der Waals surface area (Å²) >= 11 is 0. The van der Waals surface area contributed by atoms with Gasteiger partial charge < -0.3 is 4.90 Å². The number of pyridine rings is 1. The van der Waals surface area contributed by atoms with Crippen molar-refractivity contribution in [2.45, 2.75) is 26.8 Å². The second-order valence-corrected chi connectivity index (χ2v) is 8.13. The summed E-state index contributed by atoms with van der Waals surface area (Å²) in [7, 11) is 1.95. The zero-order valence-electron chi connectivity index (χ0n) is 16.7. The standard InChI is InChI=1S/C23H25N5/c1-15-5-7-28(13-15)22-10-17(4-6-24-22)23-20-9-18(19-11-26-27(3)14-19)8-16(2)21(20)12-25-23/h4,6,8-11,14-15H,5,7,12-13H2,1-3H3/t15-/m1/s1. The first-order valence-corrected chi connectivity index (χ1v) is 9.97. The van der Waals surface area contributed by atoms with Crippen molar-refractivity contribution in [2.24, 2.45) is 18.0 Å². The summed E-state index contributed by atoms with van der Waals surface area (Å²) in [6.45, 7) is 7.42. The van der Waals surface area contributed by atoms with Crippen molar-refractivity contribution in [1.29, 1.82) is 0 Å². The van der Waals surface area contributed by atoms with E-state index in [2.05, 4.69) is 59.3 Å². The van der Waals surface area contributed by atoms with E-state index in [4.69, 9.17) is 4.99 Å². The number of hydrogen-bond donors (Lipinski definition) is 0. The van der Waals surface area contributed by atoms with E-state index in [1.807, 2.05) is 24.1 Å². The van der Waals surface area contributed by atoms with Crippen LogP contribution in [-0.2, 0) is 13.6 Å². The minimum absolute atomic E-state index is 0.736. The lowest BCUT2D eigenvalue weighted by Gasteiger charge is -2.18. The highest BCUT2D eigenvalue weighted by molar-refractivity contribution is 6.16. The highest BCUT2D eigenvalue weighted by atomic mass is 15.2. The van der Waals surface area contributed by atoms with E-state index in [1.165, 1.54) is 28.7 Å². The fraction of sp³-hybridized carbons (Fsp3) is 0.348. The van der Waals surface area contributed by atoms with E-state index >= 15 is 0 Å². The molecule has 1 atom stereocenters. The molecule has 5 heteroatoms. The van der Waals surface area contributed by atoms with Crippen molar-refractivity contribution in [2.75, 3.05) is 18.0 Å². The third kappa shape index (κ3) is 2.91. The van der Waals surface area contributed by atoms with Crippen molar-refractivity contribution >= 4 is 11.5 Å². The molecule has 1 fully saturated rings. The van der Waals surface area contributed by atoms with Gasteiger partial charge in [-0.05, 0) is 54.2 Å². The summed E-state index contributed by atoms with van der Waals surface area (Å²) in [4.78, 5) is 11.9. The maximum Gasteiger partial charge on any atom is 0.129 e. The van der Waals surface area contributed by atoms with Crippen LogP contribution < -0.4 is 4.90 Å². The van der Waals surface area contributed by atoms with Crippen LogP contribution in [-0.4, -0.2) is 33.6 Å². The van der Waals surface area contributed by atoms with Gasteiger partial charge in [0.05, 0.1) is 18.5 Å².